The van der Waals surface area contributed by atoms with E-state index in [1.54, 1.807) is 7.11 Å². The van der Waals surface area contributed by atoms with Gasteiger partial charge in [0.2, 0.25) is 0 Å². The molecule has 0 saturated heterocycles. The first-order valence-electron chi connectivity index (χ1n) is 9.81. The Kier molecular flexibility index (Phi) is 5.99. The van der Waals surface area contributed by atoms with Crippen molar-refractivity contribution in [3.8, 4) is 17.2 Å². The van der Waals surface area contributed by atoms with E-state index in [0.29, 0.717) is 24.5 Å². The molecular weight excluding hydrogens is 378 g/mol. The van der Waals surface area contributed by atoms with Crippen LogP contribution in [-0.4, -0.2) is 32.3 Å². The van der Waals surface area contributed by atoms with E-state index in [1.165, 1.54) is 0 Å². The molecule has 0 fully saturated rings. The van der Waals surface area contributed by atoms with Crippen molar-refractivity contribution in [2.24, 2.45) is 0 Å². The van der Waals surface area contributed by atoms with Crippen molar-refractivity contribution in [2.45, 2.75) is 6.10 Å². The van der Waals surface area contributed by atoms with Crippen molar-refractivity contribution in [2.75, 3.05) is 20.3 Å². The lowest BCUT2D eigenvalue weighted by atomic mass is 10.0. The number of carbonyl (C=O) groups is 1. The number of hydrogen-bond donors (Lipinski definition) is 1. The molecule has 0 aliphatic carbocycles. The zero-order valence-corrected chi connectivity index (χ0v) is 16.7. The van der Waals surface area contributed by atoms with Crippen LogP contribution in [0, 0.1) is 0 Å². The first-order valence-corrected chi connectivity index (χ1v) is 9.81. The Morgan fingerprint density at radius 2 is 1.70 bits per heavy atom. The van der Waals surface area contributed by atoms with Gasteiger partial charge < -0.3 is 19.5 Å². The van der Waals surface area contributed by atoms with Crippen LogP contribution in [0.15, 0.2) is 78.9 Å². The van der Waals surface area contributed by atoms with Crippen molar-refractivity contribution >= 4 is 17.6 Å². The van der Waals surface area contributed by atoms with Crippen molar-refractivity contribution in [3.05, 3.63) is 90.0 Å². The van der Waals surface area contributed by atoms with Crippen LogP contribution >= 0.6 is 0 Å². The van der Waals surface area contributed by atoms with E-state index in [4.69, 9.17) is 14.2 Å². The van der Waals surface area contributed by atoms with E-state index in [0.717, 1.165) is 22.6 Å². The number of amides is 1. The number of rotatable bonds is 6. The first-order chi connectivity index (χ1) is 14.7. The van der Waals surface area contributed by atoms with Gasteiger partial charge in [0.15, 0.2) is 11.5 Å². The molecule has 0 aromatic heterocycles. The quantitative estimate of drug-likeness (QED) is 0.497. The molecule has 0 saturated carbocycles. The Hall–Kier alpha value is -3.73. The van der Waals surface area contributed by atoms with Gasteiger partial charge in [-0.15, -0.1) is 0 Å². The molecule has 0 spiro atoms. The van der Waals surface area contributed by atoms with Crippen molar-refractivity contribution < 1.29 is 19.0 Å². The maximum Gasteiger partial charge on any atom is 0.252 e. The average molecular weight is 401 g/mol. The second-order valence-corrected chi connectivity index (χ2v) is 6.90. The predicted molar refractivity (Wildman–Crippen MR) is 117 cm³/mol. The number of fused-ring (bicyclic) bond motifs is 1. The lowest BCUT2D eigenvalue weighted by molar-refractivity contribution is -0.116. The summed E-state index contributed by atoms with van der Waals surface area (Å²) in [5.41, 5.74) is 2.34. The highest BCUT2D eigenvalue weighted by atomic mass is 16.6. The molecule has 1 unspecified atom stereocenters. The molecule has 3 aromatic rings. The van der Waals surface area contributed by atoms with Crippen LogP contribution in [0.25, 0.3) is 11.6 Å². The van der Waals surface area contributed by atoms with E-state index in [1.807, 2.05) is 84.9 Å². The van der Waals surface area contributed by atoms with E-state index < -0.39 is 0 Å². The molecule has 5 heteroatoms. The second-order valence-electron chi connectivity index (χ2n) is 6.90. The summed E-state index contributed by atoms with van der Waals surface area (Å²) in [6, 6.07) is 24.7. The highest BCUT2D eigenvalue weighted by molar-refractivity contribution is 6.24. The van der Waals surface area contributed by atoms with Crippen LogP contribution in [0.3, 0.4) is 0 Å². The van der Waals surface area contributed by atoms with E-state index >= 15 is 0 Å². The van der Waals surface area contributed by atoms with Gasteiger partial charge in [0.05, 0.1) is 13.7 Å². The van der Waals surface area contributed by atoms with Crippen LogP contribution in [0.4, 0.5) is 0 Å². The fourth-order valence-corrected chi connectivity index (χ4v) is 3.23. The Labute approximate surface area is 175 Å². The number of benzene rings is 3. The normalized spacial score (nSPS) is 15.4. The van der Waals surface area contributed by atoms with Crippen LogP contribution in [0.2, 0.25) is 0 Å². The summed E-state index contributed by atoms with van der Waals surface area (Å²) in [7, 11) is 1.63. The minimum atomic E-state index is -0.248. The first kappa shape index (κ1) is 19.6. The summed E-state index contributed by atoms with van der Waals surface area (Å²) in [5.74, 6) is 2.02. The summed E-state index contributed by atoms with van der Waals surface area (Å²) >= 11 is 0. The SMILES string of the molecule is COc1ccc(/C=C(/C(=O)NCC2COc3ccccc3O2)c2ccccc2)cc1. The standard InChI is InChI=1S/C25H23NO4/c1-28-20-13-11-18(12-14-20)15-22(19-7-3-2-4-8-19)25(27)26-16-21-17-29-23-9-5-6-10-24(23)30-21/h2-15,21H,16-17H2,1H3,(H,26,27)/b22-15+. The Morgan fingerprint density at radius 3 is 2.43 bits per heavy atom. The molecule has 1 atom stereocenters. The molecule has 1 heterocycles. The van der Waals surface area contributed by atoms with Crippen LogP contribution in [0.5, 0.6) is 17.2 Å². The maximum absolute atomic E-state index is 13.1. The molecule has 5 nitrogen and oxygen atoms in total. The molecule has 30 heavy (non-hydrogen) atoms. The fourth-order valence-electron chi connectivity index (χ4n) is 3.23. The Morgan fingerprint density at radius 1 is 1.00 bits per heavy atom. The number of nitrogens with one attached hydrogen (secondary N) is 1. The molecule has 0 bridgehead atoms. The van der Waals surface area contributed by atoms with Gasteiger partial charge in [-0.05, 0) is 41.5 Å². The zero-order chi connectivity index (χ0) is 20.8. The third-order valence-corrected chi connectivity index (χ3v) is 4.81. The van der Waals surface area contributed by atoms with Gasteiger partial charge in [-0.1, -0.05) is 54.6 Å². The molecular formula is C25H23NO4. The number of hydrogen-bond acceptors (Lipinski definition) is 4. The molecule has 3 aromatic carbocycles. The van der Waals surface area contributed by atoms with Gasteiger partial charge in [-0.2, -0.15) is 0 Å². The van der Waals surface area contributed by atoms with Crippen LogP contribution in [0.1, 0.15) is 11.1 Å². The van der Waals surface area contributed by atoms with Gasteiger partial charge in [-0.25, -0.2) is 0 Å². The average Bonchev–Trinajstić information content (AvgIpc) is 2.82. The van der Waals surface area contributed by atoms with Crippen molar-refractivity contribution in [1.29, 1.82) is 0 Å². The molecule has 1 N–H and O–H groups in total. The lowest BCUT2D eigenvalue weighted by Crippen LogP contribution is -2.41. The topological polar surface area (TPSA) is 56.8 Å². The minimum Gasteiger partial charge on any atom is -0.497 e. The molecule has 4 rings (SSSR count). The van der Waals surface area contributed by atoms with Gasteiger partial charge in [0.25, 0.3) is 5.91 Å². The number of para-hydroxylation sites is 2. The number of ether oxygens (including phenoxy) is 3. The fraction of sp³-hybridized carbons (Fsp3) is 0.160. The van der Waals surface area contributed by atoms with Gasteiger partial charge >= 0.3 is 0 Å². The Balaban J connectivity index is 1.49. The zero-order valence-electron chi connectivity index (χ0n) is 16.7. The van der Waals surface area contributed by atoms with E-state index in [9.17, 15) is 4.79 Å². The summed E-state index contributed by atoms with van der Waals surface area (Å²) in [5, 5.41) is 2.99. The lowest BCUT2D eigenvalue weighted by Gasteiger charge is -2.26. The van der Waals surface area contributed by atoms with Crippen LogP contribution < -0.4 is 19.5 Å². The van der Waals surface area contributed by atoms with E-state index in [2.05, 4.69) is 5.32 Å². The highest BCUT2D eigenvalue weighted by Gasteiger charge is 2.22. The molecule has 152 valence electrons. The summed E-state index contributed by atoms with van der Waals surface area (Å²) in [6.07, 6.45) is 1.62. The predicted octanol–water partition coefficient (Wildman–Crippen LogP) is 4.19. The molecule has 1 aliphatic rings. The molecule has 1 amide bonds. The highest BCUT2D eigenvalue weighted by Crippen LogP contribution is 2.30. The maximum atomic E-state index is 13.1. The molecule has 0 radical (unpaired) electrons. The van der Waals surface area contributed by atoms with E-state index in [-0.39, 0.29) is 12.0 Å². The summed E-state index contributed by atoms with van der Waals surface area (Å²) in [4.78, 5) is 13.1. The van der Waals surface area contributed by atoms with Crippen LogP contribution in [-0.2, 0) is 4.79 Å². The van der Waals surface area contributed by atoms with Gasteiger partial charge in [0.1, 0.15) is 18.5 Å². The van der Waals surface area contributed by atoms with Gasteiger partial charge in [0, 0.05) is 5.57 Å². The van der Waals surface area contributed by atoms with Gasteiger partial charge in [-0.3, -0.25) is 4.79 Å². The largest absolute Gasteiger partial charge is 0.497 e. The summed E-state index contributed by atoms with van der Waals surface area (Å²) in [6.45, 7) is 0.736. The minimum absolute atomic E-state index is 0.167. The summed E-state index contributed by atoms with van der Waals surface area (Å²) < 4.78 is 16.9. The molecule has 1 aliphatic heterocycles. The monoisotopic (exact) mass is 401 g/mol. The number of methoxy groups -OCH3 is 1. The Bertz CT molecular complexity index is 1030. The van der Waals surface area contributed by atoms with Crippen molar-refractivity contribution in [1.82, 2.24) is 5.32 Å². The smallest absolute Gasteiger partial charge is 0.252 e. The second kappa shape index (κ2) is 9.18. The number of carbonyl (C=O) groups excluding carboxylic acids is 1. The van der Waals surface area contributed by atoms with Crippen molar-refractivity contribution in [3.63, 3.8) is 0 Å². The third kappa shape index (κ3) is 4.63. The third-order valence-electron chi connectivity index (χ3n) is 4.81.